The minimum atomic E-state index is 0.742. The number of anilines is 1. The van der Waals surface area contributed by atoms with Crippen LogP contribution in [0.3, 0.4) is 0 Å². The Morgan fingerprint density at radius 1 is 1.27 bits per heavy atom. The van der Waals surface area contributed by atoms with Gasteiger partial charge in [-0.3, -0.25) is 4.90 Å². The smallest absolute Gasteiger partial charge is 0.0409 e. The first-order valence-electron chi connectivity index (χ1n) is 5.52. The second kappa shape index (κ2) is 4.64. The van der Waals surface area contributed by atoms with Gasteiger partial charge in [-0.05, 0) is 11.6 Å². The molecule has 3 nitrogen and oxygen atoms in total. The van der Waals surface area contributed by atoms with E-state index in [1.807, 2.05) is 0 Å². The van der Waals surface area contributed by atoms with Gasteiger partial charge in [0.1, 0.15) is 0 Å². The predicted octanol–water partition coefficient (Wildman–Crippen LogP) is 0.897. The standard InChI is InChI=1S/C12H19N3/c1-14-8-9-15(7-6-13)10-11-4-2-3-5-12(11)14/h2-5H,6-10,13H2,1H3. The average molecular weight is 205 g/mol. The SMILES string of the molecule is CN1CCN(CCN)Cc2ccccc21. The molecule has 82 valence electrons. The number of hydrogen-bond donors (Lipinski definition) is 1. The lowest BCUT2D eigenvalue weighted by Gasteiger charge is -2.19. The maximum atomic E-state index is 5.61. The van der Waals surface area contributed by atoms with E-state index in [4.69, 9.17) is 5.73 Å². The van der Waals surface area contributed by atoms with E-state index in [0.717, 1.165) is 32.7 Å². The van der Waals surface area contributed by atoms with Crippen LogP contribution in [0.4, 0.5) is 5.69 Å². The van der Waals surface area contributed by atoms with Crippen molar-refractivity contribution in [3.05, 3.63) is 29.8 Å². The van der Waals surface area contributed by atoms with Crippen LogP contribution in [0, 0.1) is 0 Å². The molecule has 0 aromatic heterocycles. The highest BCUT2D eigenvalue weighted by atomic mass is 15.2. The van der Waals surface area contributed by atoms with Crippen LogP contribution in [-0.2, 0) is 6.54 Å². The number of likely N-dealkylation sites (N-methyl/N-ethyl adjacent to an activating group) is 1. The first kappa shape index (κ1) is 10.5. The zero-order chi connectivity index (χ0) is 10.7. The Hall–Kier alpha value is -1.06. The number of rotatable bonds is 2. The first-order chi connectivity index (χ1) is 7.31. The average Bonchev–Trinajstić information content (AvgIpc) is 2.40. The number of benzene rings is 1. The Bertz CT molecular complexity index is 324. The fourth-order valence-corrected chi connectivity index (χ4v) is 2.12. The predicted molar refractivity (Wildman–Crippen MR) is 64.0 cm³/mol. The van der Waals surface area contributed by atoms with Crippen LogP contribution in [-0.4, -0.2) is 38.1 Å². The molecule has 3 heteroatoms. The van der Waals surface area contributed by atoms with Gasteiger partial charge in [-0.15, -0.1) is 0 Å². The van der Waals surface area contributed by atoms with E-state index in [0.29, 0.717) is 0 Å². The molecular weight excluding hydrogens is 186 g/mol. The zero-order valence-corrected chi connectivity index (χ0v) is 9.32. The summed E-state index contributed by atoms with van der Waals surface area (Å²) < 4.78 is 0. The van der Waals surface area contributed by atoms with Gasteiger partial charge < -0.3 is 10.6 Å². The number of fused-ring (bicyclic) bond motifs is 1. The van der Waals surface area contributed by atoms with E-state index in [2.05, 4.69) is 41.1 Å². The van der Waals surface area contributed by atoms with E-state index in [9.17, 15) is 0 Å². The van der Waals surface area contributed by atoms with Gasteiger partial charge >= 0.3 is 0 Å². The summed E-state index contributed by atoms with van der Waals surface area (Å²) in [4.78, 5) is 4.74. The van der Waals surface area contributed by atoms with Crippen LogP contribution in [0.2, 0.25) is 0 Å². The lowest BCUT2D eigenvalue weighted by molar-refractivity contribution is 0.286. The molecule has 1 aliphatic heterocycles. The van der Waals surface area contributed by atoms with Gasteiger partial charge in [0.25, 0.3) is 0 Å². The summed E-state index contributed by atoms with van der Waals surface area (Å²) in [6, 6.07) is 8.62. The Morgan fingerprint density at radius 2 is 2.07 bits per heavy atom. The van der Waals surface area contributed by atoms with Crippen molar-refractivity contribution in [2.45, 2.75) is 6.54 Å². The number of nitrogens with zero attached hydrogens (tertiary/aromatic N) is 2. The van der Waals surface area contributed by atoms with Gasteiger partial charge in [-0.25, -0.2) is 0 Å². The highest BCUT2D eigenvalue weighted by Gasteiger charge is 2.15. The Labute approximate surface area is 91.5 Å². The summed E-state index contributed by atoms with van der Waals surface area (Å²) in [5.41, 5.74) is 8.38. The minimum Gasteiger partial charge on any atom is -0.373 e. The van der Waals surface area contributed by atoms with Crippen LogP contribution >= 0.6 is 0 Å². The minimum absolute atomic E-state index is 0.742. The molecule has 1 aliphatic rings. The molecule has 0 unspecified atom stereocenters. The van der Waals surface area contributed by atoms with Crippen molar-refractivity contribution in [3.63, 3.8) is 0 Å². The molecule has 0 bridgehead atoms. The van der Waals surface area contributed by atoms with Crippen LogP contribution in [0.5, 0.6) is 0 Å². The molecule has 0 saturated carbocycles. The van der Waals surface area contributed by atoms with Crippen molar-refractivity contribution in [1.82, 2.24) is 4.90 Å². The molecule has 15 heavy (non-hydrogen) atoms. The van der Waals surface area contributed by atoms with Crippen LogP contribution in [0.25, 0.3) is 0 Å². The van der Waals surface area contributed by atoms with Crippen molar-refractivity contribution >= 4 is 5.69 Å². The van der Waals surface area contributed by atoms with Gasteiger partial charge in [-0.1, -0.05) is 18.2 Å². The van der Waals surface area contributed by atoms with Gasteiger partial charge in [0.2, 0.25) is 0 Å². The lowest BCUT2D eigenvalue weighted by Crippen LogP contribution is -2.32. The zero-order valence-electron chi connectivity index (χ0n) is 9.32. The summed E-state index contributed by atoms with van der Waals surface area (Å²) in [6.45, 7) is 4.94. The summed E-state index contributed by atoms with van der Waals surface area (Å²) in [7, 11) is 2.16. The number of para-hydroxylation sites is 1. The molecule has 0 aliphatic carbocycles. The molecule has 1 heterocycles. The quantitative estimate of drug-likeness (QED) is 0.778. The summed E-state index contributed by atoms with van der Waals surface area (Å²) in [5, 5.41) is 0. The lowest BCUT2D eigenvalue weighted by atomic mass is 10.1. The van der Waals surface area contributed by atoms with Gasteiger partial charge in [0.05, 0.1) is 0 Å². The normalized spacial score (nSPS) is 17.3. The Kier molecular flexibility index (Phi) is 3.23. The highest BCUT2D eigenvalue weighted by Crippen LogP contribution is 2.23. The van der Waals surface area contributed by atoms with Crippen LogP contribution in [0.1, 0.15) is 5.56 Å². The Balaban J connectivity index is 2.21. The molecule has 0 radical (unpaired) electrons. The molecule has 0 fully saturated rings. The van der Waals surface area contributed by atoms with Crippen molar-refractivity contribution in [1.29, 1.82) is 0 Å². The fourth-order valence-electron chi connectivity index (χ4n) is 2.12. The van der Waals surface area contributed by atoms with E-state index in [-0.39, 0.29) is 0 Å². The van der Waals surface area contributed by atoms with E-state index >= 15 is 0 Å². The monoisotopic (exact) mass is 205 g/mol. The molecule has 0 saturated heterocycles. The van der Waals surface area contributed by atoms with E-state index in [1.165, 1.54) is 11.3 Å². The molecule has 0 amide bonds. The van der Waals surface area contributed by atoms with Crippen LogP contribution < -0.4 is 10.6 Å². The number of hydrogen-bond acceptors (Lipinski definition) is 3. The third-order valence-electron chi connectivity index (χ3n) is 2.99. The Morgan fingerprint density at radius 3 is 2.87 bits per heavy atom. The molecule has 2 N–H and O–H groups in total. The molecule has 0 atom stereocenters. The summed E-state index contributed by atoms with van der Waals surface area (Å²) >= 11 is 0. The molecule has 2 rings (SSSR count). The topological polar surface area (TPSA) is 32.5 Å². The third-order valence-corrected chi connectivity index (χ3v) is 2.99. The van der Waals surface area contributed by atoms with Gasteiger partial charge in [-0.2, -0.15) is 0 Å². The highest BCUT2D eigenvalue weighted by molar-refractivity contribution is 5.53. The second-order valence-corrected chi connectivity index (χ2v) is 4.12. The number of nitrogens with two attached hydrogens (primary N) is 1. The second-order valence-electron chi connectivity index (χ2n) is 4.12. The summed E-state index contributed by atoms with van der Waals surface area (Å²) in [5.74, 6) is 0. The van der Waals surface area contributed by atoms with Gasteiger partial charge in [0.15, 0.2) is 0 Å². The largest absolute Gasteiger partial charge is 0.373 e. The van der Waals surface area contributed by atoms with Crippen molar-refractivity contribution in [2.75, 3.05) is 38.1 Å². The van der Waals surface area contributed by atoms with E-state index in [1.54, 1.807) is 0 Å². The molecule has 0 spiro atoms. The maximum Gasteiger partial charge on any atom is 0.0409 e. The summed E-state index contributed by atoms with van der Waals surface area (Å²) in [6.07, 6.45) is 0. The van der Waals surface area contributed by atoms with Crippen LogP contribution in [0.15, 0.2) is 24.3 Å². The molecule has 1 aromatic carbocycles. The third kappa shape index (κ3) is 2.30. The van der Waals surface area contributed by atoms with Crippen molar-refractivity contribution in [2.24, 2.45) is 5.73 Å². The molecular formula is C12H19N3. The first-order valence-corrected chi connectivity index (χ1v) is 5.52. The molecule has 1 aromatic rings. The van der Waals surface area contributed by atoms with Crippen molar-refractivity contribution in [3.8, 4) is 0 Å². The maximum absolute atomic E-state index is 5.61. The van der Waals surface area contributed by atoms with Gasteiger partial charge in [0, 0.05) is 45.5 Å². The fraction of sp³-hybridized carbons (Fsp3) is 0.500. The van der Waals surface area contributed by atoms with Crippen molar-refractivity contribution < 1.29 is 0 Å². The van der Waals surface area contributed by atoms with E-state index < -0.39 is 0 Å².